The molecule has 154 valence electrons. The summed E-state index contributed by atoms with van der Waals surface area (Å²) >= 11 is 0. The monoisotopic (exact) mass is 398 g/mol. The summed E-state index contributed by atoms with van der Waals surface area (Å²) in [6, 6.07) is 7.95. The molecule has 0 aliphatic heterocycles. The molecule has 0 aliphatic carbocycles. The highest BCUT2D eigenvalue weighted by Crippen LogP contribution is 2.14. The number of hydrogen-bond acceptors (Lipinski definition) is 4. The Labute approximate surface area is 164 Å². The summed E-state index contributed by atoms with van der Waals surface area (Å²) < 4.78 is 30.8. The number of ether oxygens (including phenoxy) is 1. The van der Waals surface area contributed by atoms with Crippen LogP contribution in [0.25, 0.3) is 0 Å². The van der Waals surface area contributed by atoms with E-state index in [1.807, 2.05) is 45.0 Å². The second-order valence-electron chi connectivity index (χ2n) is 6.47. The molecule has 0 amide bonds. The molecular formula is C19H34N4O3S. The van der Waals surface area contributed by atoms with E-state index >= 15 is 0 Å². The summed E-state index contributed by atoms with van der Waals surface area (Å²) in [6.07, 6.45) is 0.651. The highest BCUT2D eigenvalue weighted by atomic mass is 32.2. The summed E-state index contributed by atoms with van der Waals surface area (Å²) in [5.41, 5.74) is 1.16. The number of sulfonamides is 1. The molecule has 0 fully saturated rings. The van der Waals surface area contributed by atoms with Crippen molar-refractivity contribution in [1.82, 2.24) is 14.9 Å². The number of hydrogen-bond donors (Lipinski definition) is 2. The maximum atomic E-state index is 11.7. The zero-order chi connectivity index (χ0) is 20.3. The van der Waals surface area contributed by atoms with Gasteiger partial charge in [-0.3, -0.25) is 0 Å². The Morgan fingerprint density at radius 3 is 2.67 bits per heavy atom. The summed E-state index contributed by atoms with van der Waals surface area (Å²) in [6.45, 7) is 10.1. The molecule has 0 radical (unpaired) electrons. The van der Waals surface area contributed by atoms with Crippen LogP contribution in [-0.2, 0) is 10.0 Å². The number of nitrogens with zero attached hydrogens (tertiary/aromatic N) is 2. The third-order valence-corrected chi connectivity index (χ3v) is 5.82. The molecule has 0 saturated heterocycles. The van der Waals surface area contributed by atoms with Crippen molar-refractivity contribution >= 4 is 16.0 Å². The van der Waals surface area contributed by atoms with Crippen LogP contribution in [0.1, 0.15) is 32.8 Å². The first-order valence-corrected chi connectivity index (χ1v) is 11.1. The Morgan fingerprint density at radius 2 is 2.04 bits per heavy atom. The molecule has 27 heavy (non-hydrogen) atoms. The molecule has 0 aliphatic rings. The SMILES string of the molecule is CCNC(=NCC(C)Oc1cccc(C)c1)NCCCN(C)S(=O)(=O)CC. The zero-order valence-corrected chi connectivity index (χ0v) is 18.0. The Bertz CT molecular complexity index is 692. The highest BCUT2D eigenvalue weighted by Gasteiger charge is 2.14. The molecule has 7 nitrogen and oxygen atoms in total. The summed E-state index contributed by atoms with van der Waals surface area (Å²) in [7, 11) is -1.51. The third kappa shape index (κ3) is 9.10. The number of nitrogens with one attached hydrogen (secondary N) is 2. The molecular weight excluding hydrogens is 364 g/mol. The second kappa shape index (κ2) is 11.8. The zero-order valence-electron chi connectivity index (χ0n) is 17.2. The van der Waals surface area contributed by atoms with E-state index in [2.05, 4.69) is 15.6 Å². The Kier molecular flexibility index (Phi) is 10.2. The fourth-order valence-corrected chi connectivity index (χ4v) is 3.24. The molecule has 1 aromatic carbocycles. The van der Waals surface area contributed by atoms with Gasteiger partial charge in [0.2, 0.25) is 10.0 Å². The van der Waals surface area contributed by atoms with Gasteiger partial charge >= 0.3 is 0 Å². The van der Waals surface area contributed by atoms with Crippen LogP contribution in [0.15, 0.2) is 29.3 Å². The third-order valence-electron chi connectivity index (χ3n) is 3.96. The van der Waals surface area contributed by atoms with Crippen molar-refractivity contribution in [3.8, 4) is 5.75 Å². The summed E-state index contributed by atoms with van der Waals surface area (Å²) in [5.74, 6) is 1.67. The van der Waals surface area contributed by atoms with E-state index in [1.54, 1.807) is 14.0 Å². The lowest BCUT2D eigenvalue weighted by atomic mass is 10.2. The average Bonchev–Trinajstić information content (AvgIpc) is 2.62. The van der Waals surface area contributed by atoms with E-state index in [-0.39, 0.29) is 11.9 Å². The molecule has 0 bridgehead atoms. The molecule has 8 heteroatoms. The molecule has 2 N–H and O–H groups in total. The van der Waals surface area contributed by atoms with Crippen molar-refractivity contribution in [1.29, 1.82) is 0 Å². The van der Waals surface area contributed by atoms with Crippen LogP contribution in [0.3, 0.4) is 0 Å². The minimum absolute atomic E-state index is 0.0527. The Balaban J connectivity index is 2.45. The number of guanidine groups is 1. The predicted octanol–water partition coefficient (Wildman–Crippen LogP) is 1.99. The van der Waals surface area contributed by atoms with Crippen molar-refractivity contribution in [2.45, 2.75) is 40.2 Å². The van der Waals surface area contributed by atoms with Crippen LogP contribution in [0.4, 0.5) is 0 Å². The van der Waals surface area contributed by atoms with E-state index in [4.69, 9.17) is 4.74 Å². The smallest absolute Gasteiger partial charge is 0.213 e. The number of rotatable bonds is 11. The number of aliphatic imine (C=N–C) groups is 1. The van der Waals surface area contributed by atoms with Gasteiger partial charge in [0.1, 0.15) is 11.9 Å². The van der Waals surface area contributed by atoms with Gasteiger partial charge in [-0.15, -0.1) is 0 Å². The summed E-state index contributed by atoms with van der Waals surface area (Å²) in [5, 5.41) is 6.43. The highest BCUT2D eigenvalue weighted by molar-refractivity contribution is 7.89. The van der Waals surface area contributed by atoms with Crippen LogP contribution >= 0.6 is 0 Å². The normalized spacial score (nSPS) is 13.5. The molecule has 0 saturated carbocycles. The first-order chi connectivity index (χ1) is 12.8. The average molecular weight is 399 g/mol. The molecule has 0 heterocycles. The first kappa shape index (κ1) is 23.2. The van der Waals surface area contributed by atoms with E-state index in [1.165, 1.54) is 4.31 Å². The molecule has 1 aromatic rings. The van der Waals surface area contributed by atoms with E-state index < -0.39 is 10.0 Å². The minimum atomic E-state index is -3.12. The van der Waals surface area contributed by atoms with Crippen molar-refractivity contribution in [3.05, 3.63) is 29.8 Å². The lowest BCUT2D eigenvalue weighted by Crippen LogP contribution is -2.39. The lowest BCUT2D eigenvalue weighted by molar-refractivity contribution is 0.230. The molecule has 1 rings (SSSR count). The largest absolute Gasteiger partial charge is 0.489 e. The Hall–Kier alpha value is -1.80. The van der Waals surface area contributed by atoms with Crippen molar-refractivity contribution in [3.63, 3.8) is 0 Å². The van der Waals surface area contributed by atoms with Gasteiger partial charge < -0.3 is 15.4 Å². The van der Waals surface area contributed by atoms with Gasteiger partial charge in [-0.1, -0.05) is 12.1 Å². The topological polar surface area (TPSA) is 83.0 Å². The minimum Gasteiger partial charge on any atom is -0.489 e. The van der Waals surface area contributed by atoms with Gasteiger partial charge in [0.05, 0.1) is 12.3 Å². The second-order valence-corrected chi connectivity index (χ2v) is 8.83. The van der Waals surface area contributed by atoms with Crippen LogP contribution in [-0.4, -0.2) is 63.8 Å². The lowest BCUT2D eigenvalue weighted by Gasteiger charge is -2.17. The standard InChI is InChI=1S/C19H34N4O3S/c1-6-20-19(21-12-9-13-23(5)27(24,25)7-2)22-15-17(4)26-18-11-8-10-16(3)14-18/h8,10-11,14,17H,6-7,9,12-13,15H2,1-5H3,(H2,20,21,22). The molecule has 0 spiro atoms. The van der Waals surface area contributed by atoms with Crippen LogP contribution in [0.5, 0.6) is 5.75 Å². The van der Waals surface area contributed by atoms with E-state index in [0.717, 1.165) is 17.9 Å². The van der Waals surface area contributed by atoms with Crippen LogP contribution < -0.4 is 15.4 Å². The fraction of sp³-hybridized carbons (Fsp3) is 0.632. The van der Waals surface area contributed by atoms with Crippen LogP contribution in [0, 0.1) is 6.92 Å². The van der Waals surface area contributed by atoms with Gasteiger partial charge in [0.15, 0.2) is 5.96 Å². The molecule has 1 unspecified atom stereocenters. The fourth-order valence-electron chi connectivity index (χ4n) is 2.39. The predicted molar refractivity (Wildman–Crippen MR) is 112 cm³/mol. The van der Waals surface area contributed by atoms with Gasteiger partial charge in [-0.2, -0.15) is 0 Å². The van der Waals surface area contributed by atoms with Gasteiger partial charge in [0.25, 0.3) is 0 Å². The number of benzene rings is 1. The maximum Gasteiger partial charge on any atom is 0.213 e. The Morgan fingerprint density at radius 1 is 1.30 bits per heavy atom. The van der Waals surface area contributed by atoms with Crippen molar-refractivity contribution in [2.24, 2.45) is 4.99 Å². The van der Waals surface area contributed by atoms with E-state index in [0.29, 0.717) is 32.0 Å². The van der Waals surface area contributed by atoms with Gasteiger partial charge in [0, 0.05) is 26.7 Å². The van der Waals surface area contributed by atoms with Crippen molar-refractivity contribution < 1.29 is 13.2 Å². The maximum absolute atomic E-state index is 11.7. The first-order valence-electron chi connectivity index (χ1n) is 9.48. The summed E-state index contributed by atoms with van der Waals surface area (Å²) in [4.78, 5) is 4.55. The quantitative estimate of drug-likeness (QED) is 0.338. The van der Waals surface area contributed by atoms with Crippen LogP contribution in [0.2, 0.25) is 0 Å². The van der Waals surface area contributed by atoms with E-state index in [9.17, 15) is 8.42 Å². The number of aryl methyl sites for hydroxylation is 1. The molecule has 0 aromatic heterocycles. The van der Waals surface area contributed by atoms with Gasteiger partial charge in [-0.05, 0) is 51.8 Å². The van der Waals surface area contributed by atoms with Crippen molar-refractivity contribution in [2.75, 3.05) is 39.0 Å². The van der Waals surface area contributed by atoms with Gasteiger partial charge in [-0.25, -0.2) is 17.7 Å². The molecule has 1 atom stereocenters.